The molecule has 3 N–H and O–H groups in total. The van der Waals surface area contributed by atoms with E-state index in [0.717, 1.165) is 36.1 Å². The predicted molar refractivity (Wildman–Crippen MR) is 122 cm³/mol. The van der Waals surface area contributed by atoms with Crippen molar-refractivity contribution in [3.05, 3.63) is 59.7 Å². The summed E-state index contributed by atoms with van der Waals surface area (Å²) in [5.41, 5.74) is 4.05. The summed E-state index contributed by atoms with van der Waals surface area (Å²) >= 11 is 0. The number of aromatic nitrogens is 2. The molecule has 6 nitrogen and oxygen atoms in total. The summed E-state index contributed by atoms with van der Waals surface area (Å²) in [6.07, 6.45) is 6.78. The number of benzene rings is 1. The van der Waals surface area contributed by atoms with Crippen LogP contribution in [-0.4, -0.2) is 28.1 Å². The SMILES string of the molecule is CCCC(NC(=O)C=C(C)CCC=C(C)C)C(=O)Nc1cc(-c2ccccc2)[nH]n1. The Kier molecular flexibility index (Phi) is 9.06. The average molecular weight is 409 g/mol. The van der Waals surface area contributed by atoms with Gasteiger partial charge in [0, 0.05) is 12.1 Å². The van der Waals surface area contributed by atoms with E-state index in [4.69, 9.17) is 0 Å². The second kappa shape index (κ2) is 11.8. The summed E-state index contributed by atoms with van der Waals surface area (Å²) in [5.74, 6) is -0.0835. The van der Waals surface area contributed by atoms with Gasteiger partial charge in [0.1, 0.15) is 6.04 Å². The van der Waals surface area contributed by atoms with E-state index in [0.29, 0.717) is 12.2 Å². The standard InChI is InChI=1S/C24H32N4O2/c1-5-10-20(25-23(29)15-18(4)12-9-11-17(2)3)24(30)26-22-16-21(27-28-22)19-13-7-6-8-14-19/h6-8,11,13-16,20H,5,9-10,12H2,1-4H3,(H,25,29)(H2,26,27,28,30). The van der Waals surface area contributed by atoms with Crippen LogP contribution in [0.2, 0.25) is 0 Å². The molecule has 2 aromatic rings. The lowest BCUT2D eigenvalue weighted by molar-refractivity contribution is -0.124. The van der Waals surface area contributed by atoms with Crippen molar-refractivity contribution in [2.45, 2.75) is 59.4 Å². The maximum atomic E-state index is 12.7. The molecule has 1 heterocycles. The topological polar surface area (TPSA) is 86.9 Å². The highest BCUT2D eigenvalue weighted by Crippen LogP contribution is 2.19. The van der Waals surface area contributed by atoms with Gasteiger partial charge in [-0.2, -0.15) is 5.10 Å². The third-order valence-electron chi connectivity index (χ3n) is 4.59. The first kappa shape index (κ1) is 23.1. The summed E-state index contributed by atoms with van der Waals surface area (Å²) in [5, 5.41) is 12.7. The van der Waals surface area contributed by atoms with E-state index in [1.165, 1.54) is 5.57 Å². The number of amides is 2. The number of anilines is 1. The summed E-state index contributed by atoms with van der Waals surface area (Å²) in [6, 6.07) is 10.9. The number of carbonyl (C=O) groups excluding carboxylic acids is 2. The van der Waals surface area contributed by atoms with Crippen LogP contribution < -0.4 is 10.6 Å². The summed E-state index contributed by atoms with van der Waals surface area (Å²) in [6.45, 7) is 8.03. The smallest absolute Gasteiger partial charge is 0.248 e. The molecule has 6 heteroatoms. The van der Waals surface area contributed by atoms with Crippen LogP contribution in [0.15, 0.2) is 59.7 Å². The van der Waals surface area contributed by atoms with Gasteiger partial charge in [-0.1, -0.05) is 60.9 Å². The third kappa shape index (κ3) is 7.70. The first-order valence-corrected chi connectivity index (χ1v) is 10.4. The summed E-state index contributed by atoms with van der Waals surface area (Å²) < 4.78 is 0. The molecule has 0 spiro atoms. The first-order chi connectivity index (χ1) is 14.4. The maximum Gasteiger partial charge on any atom is 0.248 e. The van der Waals surface area contributed by atoms with Gasteiger partial charge >= 0.3 is 0 Å². The van der Waals surface area contributed by atoms with Gasteiger partial charge in [-0.25, -0.2) is 0 Å². The quantitative estimate of drug-likeness (QED) is 0.382. The van der Waals surface area contributed by atoms with Crippen LogP contribution in [0.4, 0.5) is 5.82 Å². The van der Waals surface area contributed by atoms with Gasteiger partial charge in [-0.3, -0.25) is 14.7 Å². The van der Waals surface area contributed by atoms with Gasteiger partial charge in [-0.05, 0) is 45.6 Å². The Hall–Kier alpha value is -3.15. The minimum Gasteiger partial charge on any atom is -0.341 e. The highest BCUT2D eigenvalue weighted by molar-refractivity contribution is 5.98. The predicted octanol–water partition coefficient (Wildman–Crippen LogP) is 4.99. The number of hydrogen-bond acceptors (Lipinski definition) is 3. The van der Waals surface area contributed by atoms with Crippen molar-refractivity contribution in [2.24, 2.45) is 0 Å². The molecule has 1 atom stereocenters. The zero-order valence-corrected chi connectivity index (χ0v) is 18.3. The number of allylic oxidation sites excluding steroid dienone is 3. The molecule has 2 amide bonds. The van der Waals surface area contributed by atoms with Gasteiger partial charge in [0.2, 0.25) is 11.8 Å². The number of hydrogen-bond donors (Lipinski definition) is 3. The van der Waals surface area contributed by atoms with Gasteiger partial charge < -0.3 is 10.6 Å². The first-order valence-electron chi connectivity index (χ1n) is 10.4. The highest BCUT2D eigenvalue weighted by atomic mass is 16.2. The molecule has 0 fully saturated rings. The lowest BCUT2D eigenvalue weighted by Crippen LogP contribution is -2.43. The van der Waals surface area contributed by atoms with E-state index in [1.807, 2.05) is 44.2 Å². The van der Waals surface area contributed by atoms with Crippen LogP contribution in [0.1, 0.15) is 53.4 Å². The number of aromatic amines is 1. The maximum absolute atomic E-state index is 12.7. The molecule has 0 radical (unpaired) electrons. The zero-order chi connectivity index (χ0) is 21.9. The average Bonchev–Trinajstić information content (AvgIpc) is 3.16. The van der Waals surface area contributed by atoms with E-state index >= 15 is 0 Å². The fourth-order valence-electron chi connectivity index (χ4n) is 3.02. The van der Waals surface area contributed by atoms with Gasteiger partial charge in [0.15, 0.2) is 5.82 Å². The normalized spacial score (nSPS) is 12.2. The molecule has 0 aliphatic heterocycles. The Bertz CT molecular complexity index is 893. The van der Waals surface area contributed by atoms with Gasteiger partial charge in [-0.15, -0.1) is 0 Å². The van der Waals surface area contributed by atoms with Crippen LogP contribution in [0.3, 0.4) is 0 Å². The minimum absolute atomic E-state index is 0.245. The molecule has 1 aromatic carbocycles. The number of rotatable bonds is 10. The van der Waals surface area contributed by atoms with Crippen molar-refractivity contribution in [2.75, 3.05) is 5.32 Å². The van der Waals surface area contributed by atoms with Crippen LogP contribution >= 0.6 is 0 Å². The van der Waals surface area contributed by atoms with Crippen molar-refractivity contribution in [3.8, 4) is 11.3 Å². The van der Waals surface area contributed by atoms with Crippen LogP contribution in [0.25, 0.3) is 11.3 Å². The molecule has 0 saturated carbocycles. The van der Waals surface area contributed by atoms with Crippen molar-refractivity contribution in [3.63, 3.8) is 0 Å². The van der Waals surface area contributed by atoms with Crippen LogP contribution in [0, 0.1) is 0 Å². The molecule has 1 aromatic heterocycles. The molecule has 1 unspecified atom stereocenters. The zero-order valence-electron chi connectivity index (χ0n) is 18.3. The second-order valence-electron chi connectivity index (χ2n) is 7.68. The molecule has 0 bridgehead atoms. The molecular formula is C24H32N4O2. The Labute approximate surface area is 178 Å². The second-order valence-corrected chi connectivity index (χ2v) is 7.68. The van der Waals surface area contributed by atoms with E-state index in [2.05, 4.69) is 40.8 Å². The van der Waals surface area contributed by atoms with Gasteiger partial charge in [0.05, 0.1) is 5.69 Å². The minimum atomic E-state index is -0.610. The molecular weight excluding hydrogens is 376 g/mol. The Morgan fingerprint density at radius 1 is 1.17 bits per heavy atom. The van der Waals surface area contributed by atoms with Gasteiger partial charge in [0.25, 0.3) is 0 Å². The van der Waals surface area contributed by atoms with Crippen LogP contribution in [-0.2, 0) is 9.59 Å². The number of nitrogens with one attached hydrogen (secondary N) is 3. The highest BCUT2D eigenvalue weighted by Gasteiger charge is 2.20. The van der Waals surface area contributed by atoms with E-state index in [1.54, 1.807) is 12.1 Å². The lowest BCUT2D eigenvalue weighted by atomic mass is 10.1. The lowest BCUT2D eigenvalue weighted by Gasteiger charge is -2.16. The van der Waals surface area contributed by atoms with E-state index < -0.39 is 6.04 Å². The van der Waals surface area contributed by atoms with Crippen LogP contribution in [0.5, 0.6) is 0 Å². The third-order valence-corrected chi connectivity index (χ3v) is 4.59. The molecule has 2 rings (SSSR count). The van der Waals surface area contributed by atoms with Crippen molar-refractivity contribution < 1.29 is 9.59 Å². The largest absolute Gasteiger partial charge is 0.341 e. The Morgan fingerprint density at radius 2 is 1.90 bits per heavy atom. The molecule has 0 aliphatic carbocycles. The fraction of sp³-hybridized carbons (Fsp3) is 0.375. The monoisotopic (exact) mass is 408 g/mol. The number of carbonyl (C=O) groups is 2. The van der Waals surface area contributed by atoms with Crippen molar-refractivity contribution in [1.82, 2.24) is 15.5 Å². The molecule has 0 aliphatic rings. The van der Waals surface area contributed by atoms with Crippen molar-refractivity contribution in [1.29, 1.82) is 0 Å². The number of nitrogens with zero attached hydrogens (tertiary/aromatic N) is 1. The molecule has 30 heavy (non-hydrogen) atoms. The Morgan fingerprint density at radius 3 is 2.57 bits per heavy atom. The van der Waals surface area contributed by atoms with Crippen molar-refractivity contribution >= 4 is 17.6 Å². The summed E-state index contributed by atoms with van der Waals surface area (Å²) in [4.78, 5) is 25.1. The molecule has 0 saturated heterocycles. The van der Waals surface area contributed by atoms with E-state index in [9.17, 15) is 9.59 Å². The van der Waals surface area contributed by atoms with E-state index in [-0.39, 0.29) is 11.8 Å². The fourth-order valence-corrected chi connectivity index (χ4v) is 3.02. The molecule has 160 valence electrons. The summed E-state index contributed by atoms with van der Waals surface area (Å²) in [7, 11) is 0. The number of H-pyrrole nitrogens is 1. The Balaban J connectivity index is 1.96.